The summed E-state index contributed by atoms with van der Waals surface area (Å²) in [6, 6.07) is 3.82. The molecule has 10 nitrogen and oxygen atoms in total. The smallest absolute Gasteiger partial charge is 0.283 e. The summed E-state index contributed by atoms with van der Waals surface area (Å²) in [6.45, 7) is -0.943. The molecule has 3 heterocycles. The Morgan fingerprint density at radius 3 is 2.85 bits per heavy atom. The van der Waals surface area contributed by atoms with Crippen LogP contribution in [-0.2, 0) is 10.3 Å². The number of nitrogens with one attached hydrogen (secondary N) is 1. The summed E-state index contributed by atoms with van der Waals surface area (Å²) < 4.78 is 36.7. The maximum Gasteiger partial charge on any atom is 0.283 e. The zero-order valence-corrected chi connectivity index (χ0v) is 18.1. The first kappa shape index (κ1) is 21.9. The lowest BCUT2D eigenvalue weighted by Gasteiger charge is -2.45. The average molecular weight is 468 g/mol. The van der Waals surface area contributed by atoms with E-state index in [4.69, 9.17) is 10.5 Å². The van der Waals surface area contributed by atoms with Crippen molar-refractivity contribution < 1.29 is 18.3 Å². The molecule has 3 atom stereocenters. The molecule has 12 heteroatoms. The van der Waals surface area contributed by atoms with Crippen LogP contribution in [-0.4, -0.2) is 49.4 Å². The van der Waals surface area contributed by atoms with E-state index in [0.717, 1.165) is 12.8 Å². The lowest BCUT2D eigenvalue weighted by molar-refractivity contribution is -0.00105. The summed E-state index contributed by atoms with van der Waals surface area (Å²) in [5.74, 6) is -1.17. The fourth-order valence-electron chi connectivity index (χ4n) is 4.72. The SMILES string of the molecule is NC1=N[C@](CF)(c2cc(NC(=O)c3cnc(-n4cncn4)cn3)ccc2F)[C@H]2CCCC[C@H]2O1. The van der Waals surface area contributed by atoms with Crippen molar-refractivity contribution in [3.63, 3.8) is 0 Å². The number of amidine groups is 1. The number of amides is 1. The first-order valence-corrected chi connectivity index (χ1v) is 10.9. The van der Waals surface area contributed by atoms with Crippen molar-refractivity contribution in [2.75, 3.05) is 12.0 Å². The number of alkyl halides is 1. The second-order valence-corrected chi connectivity index (χ2v) is 8.30. The molecule has 1 aliphatic carbocycles. The molecule has 0 bridgehead atoms. The number of fused-ring (bicyclic) bond motifs is 1. The number of carbonyl (C=O) groups excluding carboxylic acids is 1. The zero-order valence-electron chi connectivity index (χ0n) is 18.1. The van der Waals surface area contributed by atoms with Crippen molar-refractivity contribution in [2.24, 2.45) is 16.6 Å². The monoisotopic (exact) mass is 468 g/mol. The van der Waals surface area contributed by atoms with Gasteiger partial charge >= 0.3 is 0 Å². The van der Waals surface area contributed by atoms with E-state index in [-0.39, 0.29) is 35.0 Å². The highest BCUT2D eigenvalue weighted by atomic mass is 19.1. The summed E-state index contributed by atoms with van der Waals surface area (Å²) in [6.07, 6.45) is 8.25. The average Bonchev–Trinajstić information content (AvgIpc) is 3.40. The number of carbonyl (C=O) groups is 1. The molecule has 0 spiro atoms. The molecule has 1 saturated carbocycles. The van der Waals surface area contributed by atoms with Gasteiger partial charge in [0.05, 0.1) is 12.4 Å². The normalized spacial score (nSPS) is 24.0. The second kappa shape index (κ2) is 8.76. The van der Waals surface area contributed by atoms with Crippen molar-refractivity contribution in [3.8, 4) is 5.82 Å². The van der Waals surface area contributed by atoms with Gasteiger partial charge < -0.3 is 15.8 Å². The minimum absolute atomic E-state index is 0.0311. The van der Waals surface area contributed by atoms with Crippen LogP contribution in [0.2, 0.25) is 0 Å². The van der Waals surface area contributed by atoms with Crippen molar-refractivity contribution in [2.45, 2.75) is 37.3 Å². The van der Waals surface area contributed by atoms with E-state index in [0.29, 0.717) is 18.7 Å². The summed E-state index contributed by atoms with van der Waals surface area (Å²) in [4.78, 5) is 29.1. The number of hydrogen-bond acceptors (Lipinski definition) is 8. The van der Waals surface area contributed by atoms with Crippen molar-refractivity contribution in [3.05, 3.63) is 60.3 Å². The maximum absolute atomic E-state index is 15.0. The van der Waals surface area contributed by atoms with E-state index in [9.17, 15) is 9.18 Å². The van der Waals surface area contributed by atoms with Gasteiger partial charge in [0.15, 0.2) is 5.82 Å². The highest BCUT2D eigenvalue weighted by molar-refractivity contribution is 6.02. The summed E-state index contributed by atoms with van der Waals surface area (Å²) in [7, 11) is 0. The number of nitrogens with two attached hydrogens (primary N) is 1. The Bertz CT molecular complexity index is 1220. The molecule has 34 heavy (non-hydrogen) atoms. The standard InChI is InChI=1S/C22H22F2N8O2/c23-10-22(14-3-1-2-4-18(14)34-21(25)31-22)15-7-13(5-6-16(15)24)30-20(33)17-8-28-19(9-27-17)32-12-26-11-29-32/h5-9,11-12,14,18H,1-4,10H2,(H2,25,31)(H,30,33)/t14-,18+,22-/m0/s1. The Morgan fingerprint density at radius 1 is 1.26 bits per heavy atom. The molecule has 3 aromatic rings. The lowest BCUT2D eigenvalue weighted by atomic mass is 9.69. The number of rotatable bonds is 5. The maximum atomic E-state index is 15.0. The number of nitrogens with zero attached hydrogens (tertiary/aromatic N) is 6. The number of anilines is 1. The number of benzene rings is 1. The summed E-state index contributed by atoms with van der Waals surface area (Å²) >= 11 is 0. The van der Waals surface area contributed by atoms with Gasteiger partial charge in [0.2, 0.25) is 0 Å². The quantitative estimate of drug-likeness (QED) is 0.588. The number of halogens is 2. The molecule has 1 aliphatic heterocycles. The van der Waals surface area contributed by atoms with E-state index in [2.05, 4.69) is 30.4 Å². The molecular formula is C22H22F2N8O2. The molecule has 0 radical (unpaired) electrons. The number of hydrogen-bond donors (Lipinski definition) is 2. The van der Waals surface area contributed by atoms with E-state index in [1.807, 2.05) is 0 Å². The van der Waals surface area contributed by atoms with Crippen LogP contribution in [0.15, 0.2) is 48.2 Å². The van der Waals surface area contributed by atoms with E-state index in [1.54, 1.807) is 0 Å². The Balaban J connectivity index is 1.43. The van der Waals surface area contributed by atoms with Crippen molar-refractivity contribution in [1.82, 2.24) is 24.7 Å². The molecule has 1 fully saturated rings. The second-order valence-electron chi connectivity index (χ2n) is 8.30. The van der Waals surface area contributed by atoms with Crippen LogP contribution in [0.1, 0.15) is 41.7 Å². The fourth-order valence-corrected chi connectivity index (χ4v) is 4.72. The fraction of sp³-hybridized carbons (Fsp3) is 0.364. The molecule has 1 amide bonds. The van der Waals surface area contributed by atoms with Gasteiger partial charge in [0, 0.05) is 17.2 Å². The van der Waals surface area contributed by atoms with Gasteiger partial charge in [-0.15, -0.1) is 0 Å². The van der Waals surface area contributed by atoms with Crippen LogP contribution in [0, 0.1) is 11.7 Å². The highest BCUT2D eigenvalue weighted by Gasteiger charge is 2.51. The minimum atomic E-state index is -1.52. The molecule has 3 N–H and O–H groups in total. The minimum Gasteiger partial charge on any atom is -0.462 e. The number of aromatic nitrogens is 5. The number of aliphatic imine (C=N–C) groups is 1. The molecule has 5 rings (SSSR count). The topological polar surface area (TPSA) is 133 Å². The van der Waals surface area contributed by atoms with Crippen LogP contribution in [0.25, 0.3) is 5.82 Å². The largest absolute Gasteiger partial charge is 0.462 e. The Labute approximate surface area is 193 Å². The molecule has 1 aromatic carbocycles. The predicted molar refractivity (Wildman–Crippen MR) is 117 cm³/mol. The van der Waals surface area contributed by atoms with Gasteiger partial charge in [-0.2, -0.15) is 5.10 Å². The van der Waals surface area contributed by atoms with Gasteiger partial charge in [0.25, 0.3) is 11.9 Å². The van der Waals surface area contributed by atoms with E-state index >= 15 is 4.39 Å². The van der Waals surface area contributed by atoms with Crippen LogP contribution < -0.4 is 11.1 Å². The first-order chi connectivity index (χ1) is 16.5. The number of ether oxygens (including phenoxy) is 1. The lowest BCUT2D eigenvalue weighted by Crippen LogP contribution is -2.51. The van der Waals surface area contributed by atoms with Crippen molar-refractivity contribution in [1.29, 1.82) is 0 Å². The summed E-state index contributed by atoms with van der Waals surface area (Å²) in [5, 5.41) is 6.62. The third-order valence-corrected chi connectivity index (χ3v) is 6.32. The Hall–Kier alpha value is -3.96. The van der Waals surface area contributed by atoms with Gasteiger partial charge in [0.1, 0.15) is 42.5 Å². The Morgan fingerprint density at radius 2 is 2.12 bits per heavy atom. The van der Waals surface area contributed by atoms with Gasteiger partial charge in [-0.25, -0.2) is 33.4 Å². The molecule has 2 aromatic heterocycles. The Kier molecular flexibility index (Phi) is 5.64. The van der Waals surface area contributed by atoms with Crippen LogP contribution in [0.5, 0.6) is 0 Å². The third kappa shape index (κ3) is 3.84. The van der Waals surface area contributed by atoms with Crippen LogP contribution in [0.4, 0.5) is 14.5 Å². The highest BCUT2D eigenvalue weighted by Crippen LogP contribution is 2.47. The van der Waals surface area contributed by atoms with Crippen LogP contribution >= 0.6 is 0 Å². The molecule has 0 unspecified atom stereocenters. The summed E-state index contributed by atoms with van der Waals surface area (Å²) in [5.41, 5.74) is 4.69. The van der Waals surface area contributed by atoms with Gasteiger partial charge in [-0.05, 0) is 37.5 Å². The molecular weight excluding hydrogens is 446 g/mol. The third-order valence-electron chi connectivity index (χ3n) is 6.32. The molecule has 0 saturated heterocycles. The van der Waals surface area contributed by atoms with Gasteiger partial charge in [-0.1, -0.05) is 6.42 Å². The van der Waals surface area contributed by atoms with E-state index in [1.165, 1.54) is 47.9 Å². The molecule has 176 valence electrons. The van der Waals surface area contributed by atoms with Gasteiger partial charge in [-0.3, -0.25) is 4.79 Å². The first-order valence-electron chi connectivity index (χ1n) is 10.9. The van der Waals surface area contributed by atoms with Crippen LogP contribution in [0.3, 0.4) is 0 Å². The zero-order chi connectivity index (χ0) is 23.7. The predicted octanol–water partition coefficient (Wildman–Crippen LogP) is 2.52. The van der Waals surface area contributed by atoms with Crippen molar-refractivity contribution >= 4 is 17.6 Å². The molecule has 2 aliphatic rings. The van der Waals surface area contributed by atoms with E-state index < -0.39 is 23.9 Å².